The average molecular weight is 239 g/mol. The summed E-state index contributed by atoms with van der Waals surface area (Å²) >= 11 is 3.38. The third-order valence-electron chi connectivity index (χ3n) is 1.69. The maximum Gasteiger partial charge on any atom is 0.0805 e. The second-order valence-electron chi connectivity index (χ2n) is 2.75. The largest absolute Gasteiger partial charge is 0.382 e. The first-order chi connectivity index (χ1) is 5.85. The van der Waals surface area contributed by atoms with Crippen LogP contribution in [0.15, 0.2) is 0 Å². The highest BCUT2D eigenvalue weighted by atomic mass is 79.9. The lowest BCUT2D eigenvalue weighted by Gasteiger charge is -2.14. The SMILES string of the molecule is CCC(COC)OCCCCBr. The summed E-state index contributed by atoms with van der Waals surface area (Å²) in [5.74, 6) is 0. The van der Waals surface area contributed by atoms with Crippen molar-refractivity contribution in [3.8, 4) is 0 Å². The van der Waals surface area contributed by atoms with E-state index in [0.717, 1.165) is 24.8 Å². The van der Waals surface area contributed by atoms with Gasteiger partial charge in [0.15, 0.2) is 0 Å². The number of hydrogen-bond acceptors (Lipinski definition) is 2. The first kappa shape index (κ1) is 12.4. The minimum atomic E-state index is 0.283. The van der Waals surface area contributed by atoms with Crippen molar-refractivity contribution in [1.29, 1.82) is 0 Å². The number of halogens is 1. The van der Waals surface area contributed by atoms with Gasteiger partial charge in [-0.25, -0.2) is 0 Å². The number of hydrogen-bond donors (Lipinski definition) is 0. The van der Waals surface area contributed by atoms with Crippen molar-refractivity contribution in [3.05, 3.63) is 0 Å². The molecule has 0 saturated heterocycles. The molecule has 0 spiro atoms. The van der Waals surface area contributed by atoms with Crippen LogP contribution in [-0.2, 0) is 9.47 Å². The molecule has 0 rings (SSSR count). The molecule has 0 amide bonds. The molecule has 0 radical (unpaired) electrons. The van der Waals surface area contributed by atoms with Crippen LogP contribution in [0.2, 0.25) is 0 Å². The van der Waals surface area contributed by atoms with Gasteiger partial charge in [0.2, 0.25) is 0 Å². The minimum absolute atomic E-state index is 0.283. The van der Waals surface area contributed by atoms with E-state index in [1.54, 1.807) is 7.11 Å². The first-order valence-electron chi connectivity index (χ1n) is 4.51. The van der Waals surface area contributed by atoms with Gasteiger partial charge in [0.05, 0.1) is 12.7 Å². The summed E-state index contributed by atoms with van der Waals surface area (Å²) in [4.78, 5) is 0. The molecule has 0 saturated carbocycles. The fourth-order valence-electron chi connectivity index (χ4n) is 0.916. The van der Waals surface area contributed by atoms with Crippen LogP contribution in [-0.4, -0.2) is 31.8 Å². The Labute approximate surface area is 83.8 Å². The van der Waals surface area contributed by atoms with Crippen molar-refractivity contribution in [1.82, 2.24) is 0 Å². The topological polar surface area (TPSA) is 18.5 Å². The average Bonchev–Trinajstić information content (AvgIpc) is 2.10. The van der Waals surface area contributed by atoms with Crippen molar-refractivity contribution in [2.24, 2.45) is 0 Å². The van der Waals surface area contributed by atoms with Gasteiger partial charge < -0.3 is 9.47 Å². The van der Waals surface area contributed by atoms with Gasteiger partial charge in [-0.3, -0.25) is 0 Å². The van der Waals surface area contributed by atoms with E-state index in [9.17, 15) is 0 Å². The monoisotopic (exact) mass is 238 g/mol. The van der Waals surface area contributed by atoms with E-state index in [4.69, 9.17) is 9.47 Å². The van der Waals surface area contributed by atoms with E-state index in [0.29, 0.717) is 6.61 Å². The predicted octanol–water partition coefficient (Wildman–Crippen LogP) is 2.60. The summed E-state index contributed by atoms with van der Waals surface area (Å²) in [6, 6.07) is 0. The molecule has 0 aliphatic rings. The van der Waals surface area contributed by atoms with Crippen LogP contribution < -0.4 is 0 Å². The van der Waals surface area contributed by atoms with Crippen molar-refractivity contribution in [3.63, 3.8) is 0 Å². The van der Waals surface area contributed by atoms with E-state index in [-0.39, 0.29) is 6.10 Å². The van der Waals surface area contributed by atoms with E-state index in [1.807, 2.05) is 0 Å². The van der Waals surface area contributed by atoms with E-state index >= 15 is 0 Å². The van der Waals surface area contributed by atoms with Gasteiger partial charge in [-0.05, 0) is 19.3 Å². The summed E-state index contributed by atoms with van der Waals surface area (Å²) in [7, 11) is 1.71. The highest BCUT2D eigenvalue weighted by molar-refractivity contribution is 9.09. The van der Waals surface area contributed by atoms with Gasteiger partial charge in [0.1, 0.15) is 0 Å². The molecule has 0 aliphatic carbocycles. The molecule has 0 aromatic heterocycles. The van der Waals surface area contributed by atoms with Crippen LogP contribution in [0.5, 0.6) is 0 Å². The Balaban J connectivity index is 3.19. The van der Waals surface area contributed by atoms with Crippen LogP contribution >= 0.6 is 15.9 Å². The predicted molar refractivity (Wildman–Crippen MR) is 54.9 cm³/mol. The van der Waals surface area contributed by atoms with Crippen LogP contribution in [0.4, 0.5) is 0 Å². The summed E-state index contributed by atoms with van der Waals surface area (Å²) < 4.78 is 10.6. The number of unbranched alkanes of at least 4 members (excludes halogenated alkanes) is 1. The van der Waals surface area contributed by atoms with Crippen molar-refractivity contribution < 1.29 is 9.47 Å². The molecule has 1 unspecified atom stereocenters. The molecule has 0 aromatic carbocycles. The van der Waals surface area contributed by atoms with Crippen LogP contribution in [0.1, 0.15) is 26.2 Å². The number of ether oxygens (including phenoxy) is 2. The molecule has 12 heavy (non-hydrogen) atoms. The summed E-state index contributed by atoms with van der Waals surface area (Å²) in [6.07, 6.45) is 3.63. The smallest absolute Gasteiger partial charge is 0.0805 e. The van der Waals surface area contributed by atoms with Gasteiger partial charge >= 0.3 is 0 Å². The Morgan fingerprint density at radius 3 is 2.58 bits per heavy atom. The molecule has 0 fully saturated rings. The molecule has 0 aliphatic heterocycles. The third kappa shape index (κ3) is 7.07. The zero-order chi connectivity index (χ0) is 9.23. The van der Waals surface area contributed by atoms with Crippen molar-refractivity contribution in [2.45, 2.75) is 32.3 Å². The number of alkyl halides is 1. The summed E-state index contributed by atoms with van der Waals surface area (Å²) in [5.41, 5.74) is 0. The molecular formula is C9H19BrO2. The molecule has 0 N–H and O–H groups in total. The fourth-order valence-corrected chi connectivity index (χ4v) is 1.31. The maximum atomic E-state index is 5.59. The summed E-state index contributed by atoms with van der Waals surface area (Å²) in [5, 5.41) is 1.07. The van der Waals surface area contributed by atoms with Crippen LogP contribution in [0.25, 0.3) is 0 Å². The molecule has 1 atom stereocenters. The highest BCUT2D eigenvalue weighted by Crippen LogP contribution is 2.01. The van der Waals surface area contributed by atoms with Gasteiger partial charge in [-0.1, -0.05) is 22.9 Å². The van der Waals surface area contributed by atoms with Gasteiger partial charge in [0, 0.05) is 19.0 Å². The third-order valence-corrected chi connectivity index (χ3v) is 2.25. The van der Waals surface area contributed by atoms with Crippen LogP contribution in [0, 0.1) is 0 Å². The standard InChI is InChI=1S/C9H19BrO2/c1-3-9(8-11-2)12-7-5-4-6-10/h9H,3-8H2,1-2H3. The Hall–Kier alpha value is 0.400. The maximum absolute atomic E-state index is 5.59. The van der Waals surface area contributed by atoms with E-state index in [1.165, 1.54) is 6.42 Å². The lowest BCUT2D eigenvalue weighted by atomic mass is 10.3. The van der Waals surface area contributed by atoms with E-state index in [2.05, 4.69) is 22.9 Å². The molecule has 3 heteroatoms. The number of rotatable bonds is 8. The van der Waals surface area contributed by atoms with Gasteiger partial charge in [0.25, 0.3) is 0 Å². The molecular weight excluding hydrogens is 220 g/mol. The lowest BCUT2D eigenvalue weighted by molar-refractivity contribution is -0.00450. The Bertz CT molecular complexity index is 88.6. The molecule has 0 aromatic rings. The Kier molecular flexibility index (Phi) is 9.80. The Morgan fingerprint density at radius 1 is 1.33 bits per heavy atom. The Morgan fingerprint density at radius 2 is 2.08 bits per heavy atom. The molecule has 0 heterocycles. The number of methoxy groups -OCH3 is 1. The fraction of sp³-hybridized carbons (Fsp3) is 1.00. The zero-order valence-corrected chi connectivity index (χ0v) is 9.60. The molecule has 74 valence electrons. The molecule has 2 nitrogen and oxygen atoms in total. The zero-order valence-electron chi connectivity index (χ0n) is 8.01. The van der Waals surface area contributed by atoms with E-state index < -0.39 is 0 Å². The summed E-state index contributed by atoms with van der Waals surface area (Å²) in [6.45, 7) is 3.69. The van der Waals surface area contributed by atoms with Gasteiger partial charge in [-0.2, -0.15) is 0 Å². The second-order valence-corrected chi connectivity index (χ2v) is 3.55. The van der Waals surface area contributed by atoms with Gasteiger partial charge in [-0.15, -0.1) is 0 Å². The van der Waals surface area contributed by atoms with Crippen molar-refractivity contribution >= 4 is 15.9 Å². The normalized spacial score (nSPS) is 13.2. The van der Waals surface area contributed by atoms with Crippen molar-refractivity contribution in [2.75, 3.05) is 25.7 Å². The lowest BCUT2D eigenvalue weighted by Crippen LogP contribution is -2.18. The first-order valence-corrected chi connectivity index (χ1v) is 5.63. The minimum Gasteiger partial charge on any atom is -0.382 e. The van der Waals surface area contributed by atoms with Crippen LogP contribution in [0.3, 0.4) is 0 Å². The highest BCUT2D eigenvalue weighted by Gasteiger charge is 2.04. The molecule has 0 bridgehead atoms. The quantitative estimate of drug-likeness (QED) is 0.478. The second kappa shape index (κ2) is 9.49.